The lowest BCUT2D eigenvalue weighted by atomic mass is 10.2. The highest BCUT2D eigenvalue weighted by Gasteiger charge is 2.19. The van der Waals surface area contributed by atoms with Crippen LogP contribution >= 0.6 is 0 Å². The number of ether oxygens (including phenoxy) is 1. The van der Waals surface area contributed by atoms with Crippen LogP contribution < -0.4 is 5.32 Å². The Kier molecular flexibility index (Phi) is 4.88. The molecule has 0 unspecified atom stereocenters. The minimum atomic E-state index is -0.880. The largest absolute Gasteiger partial charge is 0.449 e. The lowest BCUT2D eigenvalue weighted by Gasteiger charge is -2.12. The van der Waals surface area contributed by atoms with E-state index in [2.05, 4.69) is 22.2 Å². The number of nitrogens with zero attached hydrogens (tertiary/aromatic N) is 3. The highest BCUT2D eigenvalue weighted by atomic mass is 16.5. The van der Waals surface area contributed by atoms with E-state index in [4.69, 9.17) is 4.74 Å². The molecule has 1 N–H and O–H groups in total. The molecule has 2 aromatic rings. The molecule has 0 radical (unpaired) electrons. The summed E-state index contributed by atoms with van der Waals surface area (Å²) >= 11 is 0. The van der Waals surface area contributed by atoms with Gasteiger partial charge in [-0.3, -0.25) is 4.79 Å². The molecule has 116 valence electrons. The van der Waals surface area contributed by atoms with Crippen molar-refractivity contribution in [1.82, 2.24) is 20.3 Å². The van der Waals surface area contributed by atoms with Crippen molar-refractivity contribution < 1.29 is 14.3 Å². The number of rotatable bonds is 6. The van der Waals surface area contributed by atoms with E-state index in [0.29, 0.717) is 24.2 Å². The van der Waals surface area contributed by atoms with Gasteiger partial charge in [-0.15, -0.1) is 11.7 Å². The first-order chi connectivity index (χ1) is 10.6. The van der Waals surface area contributed by atoms with E-state index in [1.54, 1.807) is 29.0 Å². The first kappa shape index (κ1) is 15.7. The number of carbonyl (C=O) groups is 2. The lowest BCUT2D eigenvalue weighted by Crippen LogP contribution is -2.35. The SMILES string of the molecule is C=CCNC(=O)[C@H](C)OC(=O)c1ccc2c(c1)nnn2CC. The maximum Gasteiger partial charge on any atom is 0.338 e. The van der Waals surface area contributed by atoms with Gasteiger partial charge < -0.3 is 10.1 Å². The molecule has 7 heteroatoms. The van der Waals surface area contributed by atoms with Crippen molar-refractivity contribution in [3.8, 4) is 0 Å². The van der Waals surface area contributed by atoms with Crippen LogP contribution in [0, 0.1) is 0 Å². The topological polar surface area (TPSA) is 86.1 Å². The number of aryl methyl sites for hydroxylation is 1. The second-order valence-corrected chi connectivity index (χ2v) is 4.69. The van der Waals surface area contributed by atoms with Crippen molar-refractivity contribution in [3.05, 3.63) is 36.4 Å². The Morgan fingerprint density at radius 2 is 2.27 bits per heavy atom. The zero-order valence-electron chi connectivity index (χ0n) is 12.6. The molecular weight excluding hydrogens is 284 g/mol. The minimum absolute atomic E-state index is 0.326. The Morgan fingerprint density at radius 3 is 2.95 bits per heavy atom. The first-order valence-electron chi connectivity index (χ1n) is 6.99. The van der Waals surface area contributed by atoms with Crippen LogP contribution in [0.15, 0.2) is 30.9 Å². The summed E-state index contributed by atoms with van der Waals surface area (Å²) in [5.41, 5.74) is 1.79. The van der Waals surface area contributed by atoms with Crippen molar-refractivity contribution in [3.63, 3.8) is 0 Å². The summed E-state index contributed by atoms with van der Waals surface area (Å²) in [6, 6.07) is 5.00. The number of amides is 1. The molecule has 0 fully saturated rings. The fourth-order valence-corrected chi connectivity index (χ4v) is 1.93. The summed E-state index contributed by atoms with van der Waals surface area (Å²) in [6.07, 6.45) is 0.673. The molecule has 0 spiro atoms. The van der Waals surface area contributed by atoms with Gasteiger partial charge in [0.05, 0.1) is 11.1 Å². The quantitative estimate of drug-likeness (QED) is 0.642. The first-order valence-corrected chi connectivity index (χ1v) is 6.99. The van der Waals surface area contributed by atoms with Gasteiger partial charge in [-0.05, 0) is 32.0 Å². The zero-order valence-corrected chi connectivity index (χ0v) is 12.6. The average molecular weight is 302 g/mol. The van der Waals surface area contributed by atoms with Crippen LogP contribution in [0.2, 0.25) is 0 Å². The highest BCUT2D eigenvalue weighted by molar-refractivity contribution is 5.95. The van der Waals surface area contributed by atoms with E-state index < -0.39 is 12.1 Å². The molecule has 0 aliphatic carbocycles. The molecular formula is C15H18N4O3. The fraction of sp³-hybridized carbons (Fsp3) is 0.333. The summed E-state index contributed by atoms with van der Waals surface area (Å²) in [5.74, 6) is -0.944. The van der Waals surface area contributed by atoms with Crippen LogP contribution in [0.1, 0.15) is 24.2 Å². The third-order valence-electron chi connectivity index (χ3n) is 3.12. The summed E-state index contributed by atoms with van der Waals surface area (Å²) in [6.45, 7) is 8.00. The van der Waals surface area contributed by atoms with E-state index >= 15 is 0 Å². The van der Waals surface area contributed by atoms with Crippen molar-refractivity contribution in [2.75, 3.05) is 6.54 Å². The maximum atomic E-state index is 12.1. The van der Waals surface area contributed by atoms with Gasteiger partial charge in [0, 0.05) is 13.1 Å². The molecule has 0 saturated heterocycles. The van der Waals surface area contributed by atoms with Crippen molar-refractivity contribution in [1.29, 1.82) is 0 Å². The summed E-state index contributed by atoms with van der Waals surface area (Å²) in [4.78, 5) is 23.7. The molecule has 22 heavy (non-hydrogen) atoms. The smallest absolute Gasteiger partial charge is 0.338 e. The zero-order chi connectivity index (χ0) is 16.1. The second-order valence-electron chi connectivity index (χ2n) is 4.69. The van der Waals surface area contributed by atoms with E-state index in [1.165, 1.54) is 6.92 Å². The third-order valence-corrected chi connectivity index (χ3v) is 3.12. The van der Waals surface area contributed by atoms with Gasteiger partial charge in [0.15, 0.2) is 6.10 Å². The van der Waals surface area contributed by atoms with Gasteiger partial charge in [-0.2, -0.15) is 0 Å². The molecule has 0 aliphatic rings. The molecule has 1 atom stereocenters. The molecule has 0 aliphatic heterocycles. The Balaban J connectivity index is 2.09. The van der Waals surface area contributed by atoms with Crippen molar-refractivity contribution in [2.24, 2.45) is 0 Å². The van der Waals surface area contributed by atoms with E-state index in [0.717, 1.165) is 5.52 Å². The summed E-state index contributed by atoms with van der Waals surface area (Å²) in [7, 11) is 0. The van der Waals surface area contributed by atoms with Gasteiger partial charge in [-0.1, -0.05) is 11.3 Å². The number of hydrogen-bond acceptors (Lipinski definition) is 5. The molecule has 2 rings (SSSR count). The predicted octanol–water partition coefficient (Wildman–Crippen LogP) is 1.30. The molecule has 1 aromatic heterocycles. The van der Waals surface area contributed by atoms with E-state index in [9.17, 15) is 9.59 Å². The molecule has 1 amide bonds. The number of hydrogen-bond donors (Lipinski definition) is 1. The number of esters is 1. The lowest BCUT2D eigenvalue weighted by molar-refractivity contribution is -0.128. The fourth-order valence-electron chi connectivity index (χ4n) is 1.93. The highest BCUT2D eigenvalue weighted by Crippen LogP contribution is 2.14. The minimum Gasteiger partial charge on any atom is -0.449 e. The molecule has 7 nitrogen and oxygen atoms in total. The number of nitrogens with one attached hydrogen (secondary N) is 1. The van der Waals surface area contributed by atoms with E-state index in [1.807, 2.05) is 6.92 Å². The Hall–Kier alpha value is -2.70. The van der Waals surface area contributed by atoms with E-state index in [-0.39, 0.29) is 5.91 Å². The van der Waals surface area contributed by atoms with Gasteiger partial charge in [0.25, 0.3) is 5.91 Å². The number of fused-ring (bicyclic) bond motifs is 1. The second kappa shape index (κ2) is 6.84. The monoisotopic (exact) mass is 302 g/mol. The predicted molar refractivity (Wildman–Crippen MR) is 81.3 cm³/mol. The van der Waals surface area contributed by atoms with Crippen LogP contribution in [0.5, 0.6) is 0 Å². The molecule has 1 heterocycles. The van der Waals surface area contributed by atoms with Crippen LogP contribution in [-0.4, -0.2) is 39.5 Å². The van der Waals surface area contributed by atoms with Gasteiger partial charge in [0.2, 0.25) is 0 Å². The van der Waals surface area contributed by atoms with Gasteiger partial charge in [0.1, 0.15) is 5.52 Å². The van der Waals surface area contributed by atoms with Crippen LogP contribution in [0.3, 0.4) is 0 Å². The number of benzene rings is 1. The van der Waals surface area contributed by atoms with Gasteiger partial charge in [-0.25, -0.2) is 9.48 Å². The van der Waals surface area contributed by atoms with Crippen molar-refractivity contribution >= 4 is 22.9 Å². The summed E-state index contributed by atoms with van der Waals surface area (Å²) < 4.78 is 6.87. The Labute approximate surface area is 127 Å². The number of carbonyl (C=O) groups excluding carboxylic acids is 2. The van der Waals surface area contributed by atoms with Crippen LogP contribution in [0.4, 0.5) is 0 Å². The van der Waals surface area contributed by atoms with Gasteiger partial charge >= 0.3 is 5.97 Å². The normalized spacial score (nSPS) is 11.9. The Bertz CT molecular complexity index is 708. The molecule has 1 aromatic carbocycles. The maximum absolute atomic E-state index is 12.1. The average Bonchev–Trinajstić information content (AvgIpc) is 2.94. The molecule has 0 bridgehead atoms. The number of aromatic nitrogens is 3. The third kappa shape index (κ3) is 3.30. The summed E-state index contributed by atoms with van der Waals surface area (Å²) in [5, 5.41) is 10.5. The standard InChI is InChI=1S/C15H18N4O3/c1-4-8-16-14(20)10(3)22-15(21)11-6-7-13-12(9-11)17-18-19(13)5-2/h4,6-7,9-10H,1,5,8H2,2-3H3,(H,16,20)/t10-/m0/s1. The van der Waals surface area contributed by atoms with Crippen LogP contribution in [0.25, 0.3) is 11.0 Å². The van der Waals surface area contributed by atoms with Crippen molar-refractivity contribution in [2.45, 2.75) is 26.5 Å². The molecule has 0 saturated carbocycles. The Morgan fingerprint density at radius 1 is 1.50 bits per heavy atom. The van der Waals surface area contributed by atoms with Crippen LogP contribution in [-0.2, 0) is 16.1 Å².